The molecule has 0 saturated heterocycles. The molecule has 0 heterocycles. The number of nitrogens with one attached hydrogen (secondary N) is 1. The van der Waals surface area contributed by atoms with Gasteiger partial charge >= 0.3 is 5.97 Å². The minimum Gasteiger partial charge on any atom is -0.481 e. The van der Waals surface area contributed by atoms with Gasteiger partial charge in [-0.2, -0.15) is 0 Å². The molecule has 1 saturated carbocycles. The first-order chi connectivity index (χ1) is 10.1. The maximum Gasteiger partial charge on any atom is 0.310 e. The summed E-state index contributed by atoms with van der Waals surface area (Å²) in [6.45, 7) is 2.06. The van der Waals surface area contributed by atoms with Gasteiger partial charge in [-0.3, -0.25) is 9.59 Å². The highest BCUT2D eigenvalue weighted by molar-refractivity contribution is 5.94. The average molecular weight is 289 g/mol. The lowest BCUT2D eigenvalue weighted by Gasteiger charge is -2.32. The van der Waals surface area contributed by atoms with Crippen molar-refractivity contribution >= 4 is 17.6 Å². The van der Waals surface area contributed by atoms with Gasteiger partial charge in [0, 0.05) is 12.1 Å². The van der Waals surface area contributed by atoms with Gasteiger partial charge in [0.05, 0.1) is 5.41 Å². The van der Waals surface area contributed by atoms with Crippen LogP contribution in [0.25, 0.3) is 0 Å². The number of carbonyl (C=O) groups excluding carboxylic acids is 1. The van der Waals surface area contributed by atoms with E-state index in [9.17, 15) is 14.7 Å². The second kappa shape index (κ2) is 6.74. The monoisotopic (exact) mass is 289 g/mol. The summed E-state index contributed by atoms with van der Waals surface area (Å²) in [5.41, 5.74) is 1.03. The number of hydrogen-bond acceptors (Lipinski definition) is 2. The molecule has 0 spiro atoms. The maximum absolute atomic E-state index is 12.2. The summed E-state index contributed by atoms with van der Waals surface area (Å²) in [7, 11) is 0. The Balaban J connectivity index is 2.03. The Hall–Kier alpha value is -1.84. The third kappa shape index (κ3) is 3.84. The van der Waals surface area contributed by atoms with Gasteiger partial charge in [0.15, 0.2) is 0 Å². The van der Waals surface area contributed by atoms with Crippen molar-refractivity contribution in [2.24, 2.45) is 5.41 Å². The summed E-state index contributed by atoms with van der Waals surface area (Å²) in [6.07, 6.45) is 5.03. The van der Waals surface area contributed by atoms with Gasteiger partial charge in [-0.05, 0) is 37.0 Å². The molecule has 1 aromatic rings. The average Bonchev–Trinajstić information content (AvgIpc) is 2.48. The number of carboxylic acid groups (broad SMARTS) is 1. The molecule has 4 nitrogen and oxygen atoms in total. The third-order valence-corrected chi connectivity index (χ3v) is 4.38. The van der Waals surface area contributed by atoms with Crippen molar-refractivity contribution < 1.29 is 14.7 Å². The summed E-state index contributed by atoms with van der Waals surface area (Å²) in [5, 5.41) is 12.3. The summed E-state index contributed by atoms with van der Waals surface area (Å²) >= 11 is 0. The Labute approximate surface area is 125 Å². The first kappa shape index (κ1) is 15.5. The lowest BCUT2D eigenvalue weighted by molar-refractivity contribution is -0.153. The second-order valence-corrected chi connectivity index (χ2v) is 5.93. The van der Waals surface area contributed by atoms with Gasteiger partial charge in [-0.1, -0.05) is 38.3 Å². The van der Waals surface area contributed by atoms with Crippen molar-refractivity contribution in [2.75, 3.05) is 5.32 Å². The normalized spacial score (nSPS) is 17.2. The molecule has 4 heteroatoms. The number of aliphatic carboxylic acids is 1. The fourth-order valence-electron chi connectivity index (χ4n) is 3.08. The molecule has 2 N–H and O–H groups in total. The van der Waals surface area contributed by atoms with E-state index in [0.717, 1.165) is 36.9 Å². The van der Waals surface area contributed by atoms with Crippen molar-refractivity contribution in [3.63, 3.8) is 0 Å². The van der Waals surface area contributed by atoms with E-state index in [0.29, 0.717) is 12.8 Å². The lowest BCUT2D eigenvalue weighted by Crippen LogP contribution is -2.37. The van der Waals surface area contributed by atoms with Gasteiger partial charge in [0.25, 0.3) is 0 Å². The Morgan fingerprint density at radius 2 is 1.95 bits per heavy atom. The van der Waals surface area contributed by atoms with Crippen LogP contribution in [0.2, 0.25) is 0 Å². The van der Waals surface area contributed by atoms with E-state index in [1.165, 1.54) is 0 Å². The number of carbonyl (C=O) groups is 2. The number of rotatable bonds is 5. The molecule has 1 amide bonds. The predicted octanol–water partition coefficient (Wildman–Crippen LogP) is 3.61. The molecular weight excluding hydrogens is 266 g/mol. The highest BCUT2D eigenvalue weighted by atomic mass is 16.4. The largest absolute Gasteiger partial charge is 0.481 e. The van der Waals surface area contributed by atoms with E-state index in [4.69, 9.17) is 0 Å². The third-order valence-electron chi connectivity index (χ3n) is 4.38. The first-order valence-electron chi connectivity index (χ1n) is 7.68. The zero-order valence-corrected chi connectivity index (χ0v) is 12.5. The molecule has 2 rings (SSSR count). The highest BCUT2D eigenvalue weighted by Crippen LogP contribution is 2.39. The predicted molar refractivity (Wildman–Crippen MR) is 82.2 cm³/mol. The standard InChI is InChI=1S/C17H23NO3/c1-2-13-7-6-8-14(11-13)18-15(19)12-17(16(20)21)9-4-3-5-10-17/h6-8,11H,2-5,9-10,12H2,1H3,(H,18,19)(H,20,21). The van der Waals surface area contributed by atoms with Gasteiger partial charge in [-0.25, -0.2) is 0 Å². The van der Waals surface area contributed by atoms with Crippen molar-refractivity contribution in [1.29, 1.82) is 0 Å². The maximum atomic E-state index is 12.2. The molecule has 1 aliphatic carbocycles. The van der Waals surface area contributed by atoms with Crippen LogP contribution >= 0.6 is 0 Å². The lowest BCUT2D eigenvalue weighted by atomic mass is 9.71. The molecule has 21 heavy (non-hydrogen) atoms. The molecule has 114 valence electrons. The molecule has 0 atom stereocenters. The number of hydrogen-bond donors (Lipinski definition) is 2. The van der Waals surface area contributed by atoms with Crippen LogP contribution in [0.5, 0.6) is 0 Å². The van der Waals surface area contributed by atoms with Gasteiger partial charge in [0.2, 0.25) is 5.91 Å². The summed E-state index contributed by atoms with van der Waals surface area (Å²) in [6, 6.07) is 7.69. The Morgan fingerprint density at radius 1 is 1.24 bits per heavy atom. The summed E-state index contributed by atoms with van der Waals surface area (Å²) in [5.74, 6) is -1.03. The van der Waals surface area contributed by atoms with Crippen molar-refractivity contribution in [2.45, 2.75) is 51.9 Å². The Morgan fingerprint density at radius 3 is 2.57 bits per heavy atom. The number of benzene rings is 1. The Kier molecular flexibility index (Phi) is 4.99. The minimum atomic E-state index is -0.870. The topological polar surface area (TPSA) is 66.4 Å². The highest BCUT2D eigenvalue weighted by Gasteiger charge is 2.41. The Bertz CT molecular complexity index is 519. The van der Waals surface area contributed by atoms with Gasteiger partial charge < -0.3 is 10.4 Å². The van der Waals surface area contributed by atoms with Crippen LogP contribution in [0.15, 0.2) is 24.3 Å². The molecule has 1 aromatic carbocycles. The van der Waals surface area contributed by atoms with Crippen LogP contribution in [0, 0.1) is 5.41 Å². The number of aryl methyl sites for hydroxylation is 1. The molecular formula is C17H23NO3. The van der Waals surface area contributed by atoms with E-state index < -0.39 is 11.4 Å². The van der Waals surface area contributed by atoms with E-state index in [-0.39, 0.29) is 12.3 Å². The molecule has 1 fully saturated rings. The van der Waals surface area contributed by atoms with Crippen LogP contribution in [0.1, 0.15) is 51.0 Å². The number of carboxylic acids is 1. The molecule has 1 aliphatic rings. The number of amides is 1. The zero-order chi connectivity index (χ0) is 15.3. The van der Waals surface area contributed by atoms with E-state index in [2.05, 4.69) is 12.2 Å². The zero-order valence-electron chi connectivity index (χ0n) is 12.5. The van der Waals surface area contributed by atoms with Crippen LogP contribution in [-0.4, -0.2) is 17.0 Å². The van der Waals surface area contributed by atoms with Gasteiger partial charge in [0.1, 0.15) is 0 Å². The van der Waals surface area contributed by atoms with Crippen LogP contribution < -0.4 is 5.32 Å². The molecule has 0 bridgehead atoms. The summed E-state index contributed by atoms with van der Waals surface area (Å²) in [4.78, 5) is 23.8. The fraction of sp³-hybridized carbons (Fsp3) is 0.529. The molecule has 0 unspecified atom stereocenters. The summed E-state index contributed by atoms with van der Waals surface area (Å²) < 4.78 is 0. The van der Waals surface area contributed by atoms with Crippen LogP contribution in [0.4, 0.5) is 5.69 Å². The fourth-order valence-corrected chi connectivity index (χ4v) is 3.08. The van der Waals surface area contributed by atoms with Crippen molar-refractivity contribution in [3.05, 3.63) is 29.8 Å². The first-order valence-corrected chi connectivity index (χ1v) is 7.68. The molecule has 0 aromatic heterocycles. The van der Waals surface area contributed by atoms with Crippen LogP contribution in [-0.2, 0) is 16.0 Å². The van der Waals surface area contributed by atoms with Crippen molar-refractivity contribution in [3.8, 4) is 0 Å². The van der Waals surface area contributed by atoms with E-state index >= 15 is 0 Å². The number of anilines is 1. The SMILES string of the molecule is CCc1cccc(NC(=O)CC2(C(=O)O)CCCCC2)c1. The van der Waals surface area contributed by atoms with E-state index in [1.54, 1.807) is 0 Å². The van der Waals surface area contributed by atoms with Crippen molar-refractivity contribution in [1.82, 2.24) is 0 Å². The smallest absolute Gasteiger partial charge is 0.310 e. The minimum absolute atomic E-state index is 0.0681. The second-order valence-electron chi connectivity index (χ2n) is 5.93. The molecule has 0 aliphatic heterocycles. The van der Waals surface area contributed by atoms with Crippen LogP contribution in [0.3, 0.4) is 0 Å². The van der Waals surface area contributed by atoms with E-state index in [1.807, 2.05) is 24.3 Å². The van der Waals surface area contributed by atoms with Gasteiger partial charge in [-0.15, -0.1) is 0 Å². The quantitative estimate of drug-likeness (QED) is 0.870. The molecule has 0 radical (unpaired) electrons.